The predicted molar refractivity (Wildman–Crippen MR) is 133 cm³/mol. The first kappa shape index (κ1) is 25.6. The largest absolute Gasteiger partial charge is 0.494 e. The Morgan fingerprint density at radius 3 is 1.85 bits per heavy atom. The molecule has 192 valence electrons. The van der Waals surface area contributed by atoms with Crippen molar-refractivity contribution >= 4 is 5.69 Å². The Kier molecular flexibility index (Phi) is 8.29. The van der Waals surface area contributed by atoms with E-state index in [9.17, 15) is 4.39 Å². The third kappa shape index (κ3) is 4.90. The molecule has 0 spiro atoms. The Hall–Kier alpha value is -1.53. The van der Waals surface area contributed by atoms with Gasteiger partial charge in [-0.2, -0.15) is 0 Å². The zero-order valence-electron chi connectivity index (χ0n) is 20.9. The molecule has 0 amide bonds. The maximum absolute atomic E-state index is 14.7. The van der Waals surface area contributed by atoms with Gasteiger partial charge in [-0.3, -0.25) is 21.3 Å². The van der Waals surface area contributed by atoms with Gasteiger partial charge in [0.1, 0.15) is 18.9 Å². The SMILES string of the molecule is CCN1CCCC1CN1C(N)N(CC2CCCN2CC)C(N)N(c2ccc(OC)c(F)c2)C1N. The van der Waals surface area contributed by atoms with Crippen molar-refractivity contribution in [2.75, 3.05) is 51.3 Å². The Morgan fingerprint density at radius 2 is 1.41 bits per heavy atom. The van der Waals surface area contributed by atoms with E-state index in [1.807, 2.05) is 11.0 Å². The normalized spacial score (nSPS) is 32.1. The van der Waals surface area contributed by atoms with E-state index in [0.29, 0.717) is 17.8 Å². The third-order valence-electron chi connectivity index (χ3n) is 8.02. The molecule has 0 saturated carbocycles. The lowest BCUT2D eigenvalue weighted by molar-refractivity contribution is -0.0754. The summed E-state index contributed by atoms with van der Waals surface area (Å²) in [6.45, 7) is 10.1. The van der Waals surface area contributed by atoms with E-state index >= 15 is 0 Å². The fourth-order valence-corrected chi connectivity index (χ4v) is 6.06. The summed E-state index contributed by atoms with van der Waals surface area (Å²) in [5, 5.41) is 0. The molecule has 1 aromatic rings. The topological polar surface area (TPSA) is 103 Å². The Bertz CT molecular complexity index is 777. The summed E-state index contributed by atoms with van der Waals surface area (Å²) >= 11 is 0. The van der Waals surface area contributed by atoms with Crippen LogP contribution in [0.2, 0.25) is 0 Å². The number of hydrogen-bond acceptors (Lipinski definition) is 9. The van der Waals surface area contributed by atoms with Gasteiger partial charge in [-0.25, -0.2) is 14.2 Å². The monoisotopic (exact) mass is 478 g/mol. The number of benzene rings is 1. The Balaban J connectivity index is 1.64. The highest BCUT2D eigenvalue weighted by Crippen LogP contribution is 2.32. The van der Waals surface area contributed by atoms with Crippen LogP contribution in [-0.4, -0.2) is 96.9 Å². The van der Waals surface area contributed by atoms with Crippen molar-refractivity contribution in [3.63, 3.8) is 0 Å². The molecule has 4 atom stereocenters. The zero-order valence-corrected chi connectivity index (χ0v) is 20.9. The molecule has 0 radical (unpaired) electrons. The van der Waals surface area contributed by atoms with Gasteiger partial charge in [0, 0.05) is 36.9 Å². The summed E-state index contributed by atoms with van der Waals surface area (Å²) in [5.74, 6) is -0.240. The number of halogens is 1. The molecule has 34 heavy (non-hydrogen) atoms. The first-order valence-corrected chi connectivity index (χ1v) is 12.8. The predicted octanol–water partition coefficient (Wildman–Crippen LogP) is 0.954. The van der Waals surface area contributed by atoms with E-state index in [-0.39, 0.29) is 5.75 Å². The van der Waals surface area contributed by atoms with Crippen LogP contribution in [0.1, 0.15) is 39.5 Å². The number of anilines is 1. The lowest BCUT2D eigenvalue weighted by atomic mass is 10.1. The molecule has 6 N–H and O–H groups in total. The van der Waals surface area contributed by atoms with Gasteiger partial charge in [0.05, 0.1) is 7.11 Å². The van der Waals surface area contributed by atoms with Crippen LogP contribution in [0.25, 0.3) is 0 Å². The molecule has 1 aromatic carbocycles. The molecule has 4 unspecified atom stereocenters. The third-order valence-corrected chi connectivity index (χ3v) is 8.02. The second kappa shape index (κ2) is 11.0. The molecule has 3 saturated heterocycles. The molecule has 3 aliphatic rings. The van der Waals surface area contributed by atoms with Crippen molar-refractivity contribution in [1.29, 1.82) is 0 Å². The minimum atomic E-state index is -0.570. The molecule has 3 fully saturated rings. The number of hydrogen-bond donors (Lipinski definition) is 3. The molecular weight excluding hydrogens is 435 g/mol. The van der Waals surface area contributed by atoms with Crippen LogP contribution < -0.4 is 26.8 Å². The molecule has 3 aliphatic heterocycles. The molecule has 0 aromatic heterocycles. The summed E-state index contributed by atoms with van der Waals surface area (Å²) in [4.78, 5) is 11.1. The van der Waals surface area contributed by atoms with Crippen LogP contribution in [0.4, 0.5) is 10.1 Å². The van der Waals surface area contributed by atoms with Gasteiger partial charge in [0.25, 0.3) is 0 Å². The van der Waals surface area contributed by atoms with Gasteiger partial charge in [0.15, 0.2) is 11.6 Å². The van der Waals surface area contributed by atoms with Crippen molar-refractivity contribution in [2.24, 2.45) is 17.2 Å². The molecule has 3 heterocycles. The van der Waals surface area contributed by atoms with Crippen LogP contribution in [-0.2, 0) is 0 Å². The van der Waals surface area contributed by atoms with Crippen LogP contribution in [0.3, 0.4) is 0 Å². The first-order valence-electron chi connectivity index (χ1n) is 12.8. The van der Waals surface area contributed by atoms with Crippen LogP contribution >= 0.6 is 0 Å². The standard InChI is InChI=1S/C24H43FN8O/c1-4-29-12-6-8-18(29)15-31-22(26)32(16-19-9-7-13-30(19)5-2)24(28)33(23(31)27)17-10-11-21(34-3)20(25)14-17/h10-11,14,18-19,22-24H,4-9,12-13,15-16,26-28H2,1-3H3. The second-order valence-electron chi connectivity index (χ2n) is 9.71. The molecular formula is C24H43FN8O. The highest BCUT2D eigenvalue weighted by Gasteiger charge is 2.45. The summed E-state index contributed by atoms with van der Waals surface area (Å²) < 4.78 is 19.8. The van der Waals surface area contributed by atoms with E-state index < -0.39 is 24.7 Å². The van der Waals surface area contributed by atoms with Crippen LogP contribution in [0, 0.1) is 5.82 Å². The Morgan fingerprint density at radius 1 is 0.882 bits per heavy atom. The molecule has 4 rings (SSSR count). The fourth-order valence-electron chi connectivity index (χ4n) is 6.06. The van der Waals surface area contributed by atoms with Gasteiger partial charge >= 0.3 is 0 Å². The summed E-state index contributed by atoms with van der Waals surface area (Å²) in [6, 6.07) is 5.68. The fraction of sp³-hybridized carbons (Fsp3) is 0.750. The van der Waals surface area contributed by atoms with Crippen molar-refractivity contribution in [1.82, 2.24) is 19.6 Å². The average molecular weight is 479 g/mol. The molecule has 0 bridgehead atoms. The van der Waals surface area contributed by atoms with Gasteiger partial charge in [-0.15, -0.1) is 0 Å². The maximum atomic E-state index is 14.7. The van der Waals surface area contributed by atoms with Gasteiger partial charge in [0.2, 0.25) is 0 Å². The van der Waals surface area contributed by atoms with E-state index in [1.54, 1.807) is 6.07 Å². The molecule has 9 nitrogen and oxygen atoms in total. The van der Waals surface area contributed by atoms with Crippen LogP contribution in [0.15, 0.2) is 18.2 Å². The quantitative estimate of drug-likeness (QED) is 0.504. The van der Waals surface area contributed by atoms with Crippen molar-refractivity contribution in [2.45, 2.75) is 70.5 Å². The van der Waals surface area contributed by atoms with Crippen molar-refractivity contribution < 1.29 is 9.13 Å². The van der Waals surface area contributed by atoms with E-state index in [4.69, 9.17) is 21.9 Å². The minimum absolute atomic E-state index is 0.197. The number of ether oxygens (including phenoxy) is 1. The summed E-state index contributed by atoms with van der Waals surface area (Å²) in [5.41, 5.74) is 21.2. The Labute approximate surface area is 203 Å². The number of nitrogens with two attached hydrogens (primary N) is 3. The van der Waals surface area contributed by atoms with Gasteiger partial charge in [-0.1, -0.05) is 13.8 Å². The van der Waals surface area contributed by atoms with E-state index in [0.717, 1.165) is 52.1 Å². The van der Waals surface area contributed by atoms with Gasteiger partial charge < -0.3 is 15.4 Å². The minimum Gasteiger partial charge on any atom is -0.494 e. The van der Waals surface area contributed by atoms with E-state index in [1.165, 1.54) is 26.0 Å². The number of nitrogens with zero attached hydrogens (tertiary/aromatic N) is 5. The van der Waals surface area contributed by atoms with Crippen molar-refractivity contribution in [3.8, 4) is 5.75 Å². The summed E-state index contributed by atoms with van der Waals surface area (Å²) in [6.07, 6.45) is 3.06. The number of rotatable bonds is 8. The second-order valence-corrected chi connectivity index (χ2v) is 9.71. The smallest absolute Gasteiger partial charge is 0.167 e. The summed E-state index contributed by atoms with van der Waals surface area (Å²) in [7, 11) is 1.46. The molecule has 10 heteroatoms. The lowest BCUT2D eigenvalue weighted by Gasteiger charge is -2.56. The highest BCUT2D eigenvalue weighted by molar-refractivity contribution is 5.51. The van der Waals surface area contributed by atoms with Crippen molar-refractivity contribution in [3.05, 3.63) is 24.0 Å². The first-order chi connectivity index (χ1) is 16.4. The number of likely N-dealkylation sites (N-methyl/N-ethyl adjacent to an activating group) is 2. The highest BCUT2D eigenvalue weighted by atomic mass is 19.1. The van der Waals surface area contributed by atoms with Crippen LogP contribution in [0.5, 0.6) is 5.75 Å². The average Bonchev–Trinajstić information content (AvgIpc) is 3.48. The van der Waals surface area contributed by atoms with Gasteiger partial charge in [-0.05, 0) is 64.0 Å². The maximum Gasteiger partial charge on any atom is 0.167 e. The van der Waals surface area contributed by atoms with E-state index in [2.05, 4.69) is 33.4 Å². The molecule has 0 aliphatic carbocycles. The zero-order chi connectivity index (χ0) is 24.4. The number of methoxy groups -OCH3 is 1. The lowest BCUT2D eigenvalue weighted by Crippen LogP contribution is -2.79. The number of likely N-dealkylation sites (tertiary alicyclic amines) is 2.